The summed E-state index contributed by atoms with van der Waals surface area (Å²) in [5.74, 6) is 0.489. The molecular formula is C51H57Cl2N9O7. The van der Waals surface area contributed by atoms with Crippen molar-refractivity contribution in [2.45, 2.75) is 72.8 Å². The fourth-order valence-electron chi connectivity index (χ4n) is 5.82. The molecule has 5 N–H and O–H groups in total. The molecule has 0 atom stereocenters. The third kappa shape index (κ3) is 19.2. The number of ether oxygens (including phenoxy) is 4. The van der Waals surface area contributed by atoms with E-state index in [9.17, 15) is 19.6 Å². The zero-order valence-electron chi connectivity index (χ0n) is 39.9. The molecule has 0 radical (unpaired) electrons. The Kier molecular flexibility index (Phi) is 21.4. The SMILES string of the molecule is CC(C)(CNC(=O)OCc1ccccc1)CNC(=O)OC(C)(C)C.CC(C)(CNC(=O)OCc1ccccc1)n1nc(-c2ccc(Cl)cc2)c(C#N)c1N.COC(=C(C#N)C#N)c1ccc(Cl)cc1. The molecule has 1 aromatic heterocycles. The molecule has 5 rings (SSSR count). The van der Waals surface area contributed by atoms with Gasteiger partial charge in [-0.2, -0.15) is 20.9 Å². The highest BCUT2D eigenvalue weighted by Crippen LogP contribution is 2.31. The first kappa shape index (κ1) is 55.6. The van der Waals surface area contributed by atoms with E-state index in [1.54, 1.807) is 65.4 Å². The molecule has 0 aliphatic heterocycles. The van der Waals surface area contributed by atoms with Gasteiger partial charge in [-0.25, -0.2) is 19.1 Å². The van der Waals surface area contributed by atoms with Crippen molar-refractivity contribution < 1.29 is 33.3 Å². The maximum atomic E-state index is 12.1. The van der Waals surface area contributed by atoms with Gasteiger partial charge in [-0.05, 0) is 87.6 Å². The molecular weight excluding hydrogens is 922 g/mol. The van der Waals surface area contributed by atoms with Gasteiger partial charge < -0.3 is 40.6 Å². The fraction of sp³-hybridized carbons (Fsp3) is 0.314. The highest BCUT2D eigenvalue weighted by atomic mass is 35.5. The number of nitrogen functional groups attached to an aromatic ring is 1. The van der Waals surface area contributed by atoms with E-state index in [1.807, 2.05) is 109 Å². The molecule has 0 saturated heterocycles. The molecule has 5 aromatic rings. The normalized spacial score (nSPS) is 10.7. The van der Waals surface area contributed by atoms with E-state index < -0.39 is 29.4 Å². The average Bonchev–Trinajstić information content (AvgIpc) is 3.67. The summed E-state index contributed by atoms with van der Waals surface area (Å²) in [4.78, 5) is 35.5. The monoisotopic (exact) mass is 977 g/mol. The predicted molar refractivity (Wildman–Crippen MR) is 265 cm³/mol. The van der Waals surface area contributed by atoms with E-state index in [4.69, 9.17) is 58.4 Å². The van der Waals surface area contributed by atoms with Crippen LogP contribution in [-0.4, -0.2) is 60.4 Å². The maximum Gasteiger partial charge on any atom is 0.407 e. The van der Waals surface area contributed by atoms with Gasteiger partial charge in [0.15, 0.2) is 11.3 Å². The van der Waals surface area contributed by atoms with Crippen LogP contribution in [0.5, 0.6) is 0 Å². The van der Waals surface area contributed by atoms with Gasteiger partial charge in [0.2, 0.25) is 0 Å². The first-order valence-corrected chi connectivity index (χ1v) is 22.1. The van der Waals surface area contributed by atoms with E-state index in [-0.39, 0.29) is 47.9 Å². The number of nitriles is 3. The van der Waals surface area contributed by atoms with Crippen molar-refractivity contribution in [3.8, 4) is 29.5 Å². The number of carbonyl (C=O) groups excluding carboxylic acids is 3. The number of benzene rings is 4. The number of halogens is 2. The highest BCUT2D eigenvalue weighted by molar-refractivity contribution is 6.30. The molecule has 0 unspecified atom stereocenters. The standard InChI is InChI=1S/C22H22ClN5O2.C18H28N2O4.C11H7ClN2O/c1-22(2,14-26-21(29)30-13-15-6-4-3-5-7-15)28-20(25)18(12-24)19(27-28)16-8-10-17(23)11-9-16;1-17(2,3)24-16(22)20-13-18(4,5)12-19-15(21)23-11-14-9-7-6-8-10-14;1-15-11(9(6-13)7-14)8-2-4-10(12)5-3-8/h3-11H,13-14,25H2,1-2H3,(H,26,29);6-10H,11-13H2,1-5H3,(H,19,21)(H,20,22);2-5H,1H3. The summed E-state index contributed by atoms with van der Waals surface area (Å²) in [7, 11) is 1.42. The van der Waals surface area contributed by atoms with Gasteiger partial charge >= 0.3 is 18.3 Å². The summed E-state index contributed by atoms with van der Waals surface area (Å²) in [6, 6.07) is 38.3. The second kappa shape index (κ2) is 26.6. The minimum atomic E-state index is -0.702. The van der Waals surface area contributed by atoms with Crippen molar-refractivity contribution in [1.82, 2.24) is 25.7 Å². The molecule has 362 valence electrons. The lowest BCUT2D eigenvalue weighted by molar-refractivity contribution is 0.0506. The van der Waals surface area contributed by atoms with Crippen LogP contribution in [-0.2, 0) is 37.7 Å². The molecule has 0 saturated carbocycles. The summed E-state index contributed by atoms with van der Waals surface area (Å²) >= 11 is 11.7. The first-order chi connectivity index (χ1) is 32.6. The molecule has 69 heavy (non-hydrogen) atoms. The molecule has 0 aliphatic carbocycles. The Labute approximate surface area is 413 Å². The number of hydrogen-bond acceptors (Lipinski definition) is 12. The molecule has 1 heterocycles. The lowest BCUT2D eigenvalue weighted by atomic mass is 9.93. The Morgan fingerprint density at radius 2 is 1.12 bits per heavy atom. The van der Waals surface area contributed by atoms with Crippen molar-refractivity contribution in [2.24, 2.45) is 5.41 Å². The van der Waals surface area contributed by atoms with Gasteiger partial charge in [-0.3, -0.25) is 0 Å². The number of hydrogen-bond donors (Lipinski definition) is 4. The number of anilines is 1. The molecule has 0 aliphatic rings. The topological polar surface area (TPSA) is 239 Å². The second-order valence-electron chi connectivity index (χ2n) is 17.4. The highest BCUT2D eigenvalue weighted by Gasteiger charge is 2.29. The second-order valence-corrected chi connectivity index (χ2v) is 18.3. The van der Waals surface area contributed by atoms with E-state index >= 15 is 0 Å². The summed E-state index contributed by atoms with van der Waals surface area (Å²) in [6.45, 7) is 14.4. The van der Waals surface area contributed by atoms with Gasteiger partial charge in [0.25, 0.3) is 0 Å². The van der Waals surface area contributed by atoms with Crippen LogP contribution in [0.4, 0.5) is 20.2 Å². The van der Waals surface area contributed by atoms with Crippen molar-refractivity contribution in [3.05, 3.63) is 147 Å². The zero-order valence-corrected chi connectivity index (χ0v) is 41.4. The number of allylic oxidation sites excluding steroid dienone is 1. The Morgan fingerprint density at radius 1 is 0.667 bits per heavy atom. The van der Waals surface area contributed by atoms with Crippen LogP contribution in [0.2, 0.25) is 10.0 Å². The quantitative estimate of drug-likeness (QED) is 0.0462. The predicted octanol–water partition coefficient (Wildman–Crippen LogP) is 10.5. The van der Waals surface area contributed by atoms with Crippen LogP contribution in [0.25, 0.3) is 17.0 Å². The Balaban J connectivity index is 0.000000290. The summed E-state index contributed by atoms with van der Waals surface area (Å²) < 4.78 is 22.1. The molecule has 18 heteroatoms. The number of amides is 3. The van der Waals surface area contributed by atoms with Gasteiger partial charge in [0.05, 0.1) is 12.6 Å². The molecule has 0 fully saturated rings. The zero-order chi connectivity index (χ0) is 51.2. The largest absolute Gasteiger partial charge is 0.494 e. The number of nitrogens with zero attached hydrogens (tertiary/aromatic N) is 5. The number of carbonyl (C=O) groups is 3. The lowest BCUT2D eigenvalue weighted by Crippen LogP contribution is -2.43. The van der Waals surface area contributed by atoms with Crippen molar-refractivity contribution in [2.75, 3.05) is 32.5 Å². The number of methoxy groups -OCH3 is 1. The fourth-order valence-corrected chi connectivity index (χ4v) is 6.07. The Morgan fingerprint density at radius 3 is 1.55 bits per heavy atom. The van der Waals surface area contributed by atoms with Crippen LogP contribution >= 0.6 is 23.2 Å². The first-order valence-electron chi connectivity index (χ1n) is 21.4. The van der Waals surface area contributed by atoms with Crippen LogP contribution in [0.1, 0.15) is 70.7 Å². The number of rotatable bonds is 14. The van der Waals surface area contributed by atoms with Gasteiger partial charge in [-0.1, -0.05) is 110 Å². The minimum Gasteiger partial charge on any atom is -0.494 e. The average molecular weight is 979 g/mol. The number of nitrogens with one attached hydrogen (secondary N) is 3. The Hall–Kier alpha value is -7.71. The van der Waals surface area contributed by atoms with Crippen LogP contribution < -0.4 is 21.7 Å². The Bertz CT molecular complexity index is 2610. The van der Waals surface area contributed by atoms with Gasteiger partial charge in [0.1, 0.15) is 54.1 Å². The van der Waals surface area contributed by atoms with Gasteiger partial charge in [0, 0.05) is 40.8 Å². The van der Waals surface area contributed by atoms with Crippen molar-refractivity contribution >= 4 is 53.1 Å². The van der Waals surface area contributed by atoms with Crippen LogP contribution in [0.15, 0.2) is 115 Å². The molecule has 0 spiro atoms. The third-order valence-electron chi connectivity index (χ3n) is 9.40. The van der Waals surface area contributed by atoms with E-state index in [0.717, 1.165) is 16.7 Å². The molecule has 3 amide bonds. The number of aromatic nitrogens is 2. The van der Waals surface area contributed by atoms with Crippen LogP contribution in [0, 0.1) is 39.4 Å². The smallest absolute Gasteiger partial charge is 0.407 e. The molecule has 16 nitrogen and oxygen atoms in total. The van der Waals surface area contributed by atoms with Gasteiger partial charge in [-0.15, -0.1) is 0 Å². The summed E-state index contributed by atoms with van der Waals surface area (Å²) in [6.07, 6.45) is -1.50. The summed E-state index contributed by atoms with van der Waals surface area (Å²) in [5.41, 5.74) is 8.54. The van der Waals surface area contributed by atoms with Crippen molar-refractivity contribution in [1.29, 1.82) is 15.8 Å². The van der Waals surface area contributed by atoms with E-state index in [2.05, 4.69) is 27.1 Å². The summed E-state index contributed by atoms with van der Waals surface area (Å²) in [5, 5.41) is 40.9. The number of nitrogens with two attached hydrogens (primary N) is 1. The molecule has 0 bridgehead atoms. The van der Waals surface area contributed by atoms with Crippen molar-refractivity contribution in [3.63, 3.8) is 0 Å². The van der Waals surface area contributed by atoms with E-state index in [1.165, 1.54) is 7.11 Å². The minimum absolute atomic E-state index is 0.0557. The molecule has 4 aromatic carbocycles. The van der Waals surface area contributed by atoms with E-state index in [0.29, 0.717) is 34.4 Å². The third-order valence-corrected chi connectivity index (χ3v) is 9.90. The lowest BCUT2D eigenvalue weighted by Gasteiger charge is -2.26. The van der Waals surface area contributed by atoms with Crippen LogP contribution in [0.3, 0.4) is 0 Å². The number of alkyl carbamates (subject to hydrolysis) is 3. The maximum absolute atomic E-state index is 12.1.